The molecule has 2 N–H and O–H groups in total. The van der Waals surface area contributed by atoms with Crippen LogP contribution in [0, 0.1) is 10.8 Å². The molecule has 0 fully saturated rings. The lowest BCUT2D eigenvalue weighted by atomic mass is 9.59. The zero-order valence-electron chi connectivity index (χ0n) is 18.3. The Morgan fingerprint density at radius 1 is 1.00 bits per heavy atom. The summed E-state index contributed by atoms with van der Waals surface area (Å²) in [5, 5.41) is 20.0. The zero-order chi connectivity index (χ0) is 23.8. The lowest BCUT2D eigenvalue weighted by Crippen LogP contribution is -2.58. The molecule has 0 spiro atoms. The minimum Gasteiger partial charge on any atom is -0.480 e. The van der Waals surface area contributed by atoms with Crippen molar-refractivity contribution in [2.45, 2.75) is 72.0 Å². The molecule has 0 saturated heterocycles. The molecule has 3 atom stereocenters. The minimum atomic E-state index is -2.49. The van der Waals surface area contributed by atoms with E-state index in [9.17, 15) is 34.2 Å². The Kier molecular flexibility index (Phi) is 9.15. The SMILES string of the molecule is CCCCCC(=O)C=C[C@]1(C(CC)(C(=O)O)C(=O)O)C=C[C@H](OC(C)=O)[C@H]1OC(C)=O. The number of aliphatic carboxylic acids is 2. The van der Waals surface area contributed by atoms with Crippen LogP contribution < -0.4 is 0 Å². The summed E-state index contributed by atoms with van der Waals surface area (Å²) < 4.78 is 10.5. The predicted molar refractivity (Wildman–Crippen MR) is 109 cm³/mol. The minimum absolute atomic E-state index is 0.203. The topological polar surface area (TPSA) is 144 Å². The molecular weight excluding hydrogens is 408 g/mol. The average molecular weight is 438 g/mol. The third-order valence-electron chi connectivity index (χ3n) is 5.50. The fourth-order valence-corrected chi connectivity index (χ4v) is 3.97. The van der Waals surface area contributed by atoms with Crippen LogP contribution in [0.3, 0.4) is 0 Å². The summed E-state index contributed by atoms with van der Waals surface area (Å²) in [5.41, 5.74) is -4.45. The summed E-state index contributed by atoms with van der Waals surface area (Å²) in [6, 6.07) is 0. The van der Waals surface area contributed by atoms with Crippen molar-refractivity contribution in [1.29, 1.82) is 0 Å². The number of carboxylic acid groups (broad SMARTS) is 2. The number of hydrogen-bond acceptors (Lipinski definition) is 7. The fourth-order valence-electron chi connectivity index (χ4n) is 3.97. The third-order valence-corrected chi connectivity index (χ3v) is 5.50. The Labute approximate surface area is 181 Å². The summed E-state index contributed by atoms with van der Waals surface area (Å²) >= 11 is 0. The van der Waals surface area contributed by atoms with Crippen LogP contribution in [0.2, 0.25) is 0 Å². The van der Waals surface area contributed by atoms with Crippen LogP contribution in [0.5, 0.6) is 0 Å². The molecule has 0 heterocycles. The van der Waals surface area contributed by atoms with E-state index in [0.29, 0.717) is 6.42 Å². The van der Waals surface area contributed by atoms with Gasteiger partial charge in [0.1, 0.15) is 0 Å². The van der Waals surface area contributed by atoms with E-state index in [4.69, 9.17) is 9.47 Å². The number of rotatable bonds is 12. The van der Waals surface area contributed by atoms with Crippen LogP contribution in [-0.4, -0.2) is 52.1 Å². The van der Waals surface area contributed by atoms with E-state index in [2.05, 4.69) is 0 Å². The number of carbonyl (C=O) groups is 5. The molecule has 9 heteroatoms. The largest absolute Gasteiger partial charge is 0.480 e. The maximum Gasteiger partial charge on any atom is 0.322 e. The Hall–Kier alpha value is -2.97. The standard InChI is InChI=1S/C22H30O9/c1-5-7-8-9-16(25)10-12-21(22(6-2,19(26)27)20(28)29)13-11-17(30-14(3)23)18(21)31-15(4)24/h10-13,17-18H,5-9H2,1-4H3,(H,26,27)(H,28,29)/t17-,18+,21-/m0/s1. The number of ether oxygens (including phenoxy) is 2. The van der Waals surface area contributed by atoms with Gasteiger partial charge in [-0.1, -0.05) is 38.8 Å². The van der Waals surface area contributed by atoms with Gasteiger partial charge in [0, 0.05) is 20.3 Å². The van der Waals surface area contributed by atoms with Crippen LogP contribution in [-0.2, 0) is 33.4 Å². The van der Waals surface area contributed by atoms with Crippen molar-refractivity contribution in [2.24, 2.45) is 10.8 Å². The average Bonchev–Trinajstić information content (AvgIpc) is 2.98. The molecular formula is C22H30O9. The number of carboxylic acids is 2. The summed E-state index contributed by atoms with van der Waals surface area (Å²) in [6.45, 7) is 5.54. The predicted octanol–water partition coefficient (Wildman–Crippen LogP) is 2.68. The van der Waals surface area contributed by atoms with Crippen molar-refractivity contribution < 1.29 is 43.7 Å². The molecule has 0 saturated carbocycles. The Morgan fingerprint density at radius 2 is 1.58 bits per heavy atom. The quantitative estimate of drug-likeness (QED) is 0.154. The highest BCUT2D eigenvalue weighted by molar-refractivity contribution is 6.01. The normalized spacial score (nSPS) is 23.0. The molecule has 0 bridgehead atoms. The molecule has 0 aromatic rings. The summed E-state index contributed by atoms with van der Waals surface area (Å²) in [7, 11) is 0. The van der Waals surface area contributed by atoms with Gasteiger partial charge in [0.25, 0.3) is 0 Å². The number of carbonyl (C=O) groups excluding carboxylic acids is 3. The molecule has 0 amide bonds. The first-order chi connectivity index (χ1) is 14.5. The lowest BCUT2D eigenvalue weighted by molar-refractivity contribution is -0.187. The first-order valence-electron chi connectivity index (χ1n) is 10.2. The van der Waals surface area contributed by atoms with Gasteiger partial charge in [-0.25, -0.2) is 0 Å². The Balaban J connectivity index is 3.65. The van der Waals surface area contributed by atoms with Crippen molar-refractivity contribution >= 4 is 29.7 Å². The van der Waals surface area contributed by atoms with Crippen molar-refractivity contribution in [1.82, 2.24) is 0 Å². The molecule has 9 nitrogen and oxygen atoms in total. The Morgan fingerprint density at radius 3 is 2.03 bits per heavy atom. The second-order valence-electron chi connectivity index (χ2n) is 7.52. The van der Waals surface area contributed by atoms with Gasteiger partial charge >= 0.3 is 23.9 Å². The van der Waals surface area contributed by atoms with Crippen LogP contribution >= 0.6 is 0 Å². The van der Waals surface area contributed by atoms with Crippen LogP contribution in [0.15, 0.2) is 24.3 Å². The first-order valence-corrected chi connectivity index (χ1v) is 10.2. The molecule has 1 rings (SSSR count). The van der Waals surface area contributed by atoms with Crippen molar-refractivity contribution in [3.8, 4) is 0 Å². The van der Waals surface area contributed by atoms with E-state index in [1.54, 1.807) is 0 Å². The van der Waals surface area contributed by atoms with Gasteiger partial charge < -0.3 is 19.7 Å². The van der Waals surface area contributed by atoms with Gasteiger partial charge in [-0.3, -0.25) is 24.0 Å². The monoisotopic (exact) mass is 438 g/mol. The molecule has 0 aromatic heterocycles. The summed E-state index contributed by atoms with van der Waals surface area (Å²) in [6.07, 6.45) is 4.30. The first kappa shape index (κ1) is 26.1. The van der Waals surface area contributed by atoms with E-state index < -0.39 is 46.9 Å². The molecule has 0 unspecified atom stereocenters. The van der Waals surface area contributed by atoms with E-state index in [-0.39, 0.29) is 18.6 Å². The Bertz CT molecular complexity index is 766. The van der Waals surface area contributed by atoms with Crippen molar-refractivity contribution in [2.75, 3.05) is 0 Å². The lowest BCUT2D eigenvalue weighted by Gasteiger charge is -2.43. The highest BCUT2D eigenvalue weighted by atomic mass is 16.6. The van der Waals surface area contributed by atoms with Crippen molar-refractivity contribution in [3.63, 3.8) is 0 Å². The van der Waals surface area contributed by atoms with Gasteiger partial charge in [0.15, 0.2) is 23.4 Å². The van der Waals surface area contributed by atoms with E-state index in [1.807, 2.05) is 6.92 Å². The zero-order valence-corrected chi connectivity index (χ0v) is 18.3. The molecule has 0 radical (unpaired) electrons. The highest BCUT2D eigenvalue weighted by Crippen LogP contribution is 2.53. The number of allylic oxidation sites excluding steroid dienone is 1. The molecule has 172 valence electrons. The highest BCUT2D eigenvalue weighted by Gasteiger charge is 2.67. The van der Waals surface area contributed by atoms with Gasteiger partial charge in [-0.2, -0.15) is 0 Å². The van der Waals surface area contributed by atoms with E-state index in [0.717, 1.165) is 32.8 Å². The van der Waals surface area contributed by atoms with Gasteiger partial charge in [-0.05, 0) is 25.0 Å². The number of unbranched alkanes of at least 4 members (excludes halogenated alkanes) is 2. The second kappa shape index (κ2) is 10.9. The van der Waals surface area contributed by atoms with Gasteiger partial charge in [-0.15, -0.1) is 0 Å². The molecule has 1 aliphatic carbocycles. The van der Waals surface area contributed by atoms with E-state index >= 15 is 0 Å². The number of ketones is 1. The molecule has 0 aliphatic heterocycles. The molecule has 0 aromatic carbocycles. The summed E-state index contributed by atoms with van der Waals surface area (Å²) in [5.74, 6) is -5.21. The maximum atomic E-state index is 12.4. The van der Waals surface area contributed by atoms with Crippen LogP contribution in [0.4, 0.5) is 0 Å². The fraction of sp³-hybridized carbons (Fsp3) is 0.591. The third kappa shape index (κ3) is 5.39. The summed E-state index contributed by atoms with van der Waals surface area (Å²) in [4.78, 5) is 60.4. The van der Waals surface area contributed by atoms with Gasteiger partial charge in [0.2, 0.25) is 0 Å². The number of esters is 2. The van der Waals surface area contributed by atoms with Crippen molar-refractivity contribution in [3.05, 3.63) is 24.3 Å². The smallest absolute Gasteiger partial charge is 0.322 e. The number of hydrogen-bond donors (Lipinski definition) is 2. The van der Waals surface area contributed by atoms with Crippen LogP contribution in [0.25, 0.3) is 0 Å². The van der Waals surface area contributed by atoms with E-state index in [1.165, 1.54) is 25.2 Å². The second-order valence-corrected chi connectivity index (χ2v) is 7.52. The maximum absolute atomic E-state index is 12.4. The molecule has 31 heavy (non-hydrogen) atoms. The van der Waals surface area contributed by atoms with Gasteiger partial charge in [0.05, 0.1) is 5.41 Å². The van der Waals surface area contributed by atoms with Crippen LogP contribution in [0.1, 0.15) is 59.8 Å². The molecule has 1 aliphatic rings.